The van der Waals surface area contributed by atoms with E-state index in [4.69, 9.17) is 4.74 Å². The van der Waals surface area contributed by atoms with Crippen LogP contribution in [0.3, 0.4) is 0 Å². The van der Waals surface area contributed by atoms with Crippen LogP contribution in [0.2, 0.25) is 0 Å². The monoisotopic (exact) mass is 195 g/mol. The summed E-state index contributed by atoms with van der Waals surface area (Å²) in [6.07, 6.45) is 4.39. The van der Waals surface area contributed by atoms with Gasteiger partial charge in [-0.25, -0.2) is 0 Å². The number of ether oxygens (including phenoxy) is 1. The summed E-state index contributed by atoms with van der Waals surface area (Å²) < 4.78 is 5.06. The molecule has 0 radical (unpaired) electrons. The third-order valence-corrected chi connectivity index (χ3v) is 3.79. The summed E-state index contributed by atoms with van der Waals surface area (Å²) in [5, 5.41) is 3.02. The highest BCUT2D eigenvalue weighted by Gasteiger charge is 2.62. The highest BCUT2D eigenvalue weighted by atomic mass is 16.5. The zero-order valence-electron chi connectivity index (χ0n) is 8.32. The van der Waals surface area contributed by atoms with E-state index in [0.29, 0.717) is 6.61 Å². The van der Waals surface area contributed by atoms with Gasteiger partial charge in [0.2, 0.25) is 0 Å². The maximum atomic E-state index is 11.6. The lowest BCUT2D eigenvalue weighted by molar-refractivity contribution is -0.146. The molecule has 14 heavy (non-hydrogen) atoms. The van der Waals surface area contributed by atoms with Crippen molar-refractivity contribution in [2.45, 2.75) is 26.3 Å². The van der Waals surface area contributed by atoms with Crippen molar-refractivity contribution in [2.24, 2.45) is 16.0 Å². The number of cyclic esters (lactones) is 1. The number of esters is 1. The Kier molecular flexibility index (Phi) is 1.77. The second kappa shape index (κ2) is 2.65. The summed E-state index contributed by atoms with van der Waals surface area (Å²) in [4.78, 5) is 22.3. The molecule has 0 saturated carbocycles. The van der Waals surface area contributed by atoms with Crippen molar-refractivity contribution >= 4 is 5.97 Å². The summed E-state index contributed by atoms with van der Waals surface area (Å²) in [6, 6.07) is -0.587. The molecule has 1 aliphatic heterocycles. The Morgan fingerprint density at radius 3 is 2.93 bits per heavy atom. The molecule has 4 nitrogen and oxygen atoms in total. The van der Waals surface area contributed by atoms with Crippen molar-refractivity contribution in [3.8, 4) is 0 Å². The normalized spacial score (nSPS) is 45.9. The van der Waals surface area contributed by atoms with Crippen LogP contribution in [-0.4, -0.2) is 18.6 Å². The van der Waals surface area contributed by atoms with E-state index in [0.717, 1.165) is 6.42 Å². The molecule has 0 aromatic carbocycles. The summed E-state index contributed by atoms with van der Waals surface area (Å²) in [5.41, 5.74) is -1.05. The largest absolute Gasteiger partial charge is 0.465 e. The molecule has 0 bridgehead atoms. The molecule has 2 aliphatic rings. The standard InChI is InChI=1S/C10H13NO3/c1-9-5-3-4-7(11-13)10(9,2)8(12)14-6-9/h3-4,7H,5-6H2,1-2H3/t7?,9-,10+/m1/s1. The number of hydrogen-bond donors (Lipinski definition) is 0. The van der Waals surface area contributed by atoms with Crippen LogP contribution in [0.5, 0.6) is 0 Å². The van der Waals surface area contributed by atoms with Gasteiger partial charge >= 0.3 is 5.97 Å². The predicted octanol–water partition coefficient (Wildman–Crippen LogP) is 1.65. The lowest BCUT2D eigenvalue weighted by Gasteiger charge is -2.40. The van der Waals surface area contributed by atoms with Gasteiger partial charge in [-0.2, -0.15) is 4.91 Å². The number of carbonyl (C=O) groups excluding carboxylic acids is 1. The Hall–Kier alpha value is -1.19. The lowest BCUT2D eigenvalue weighted by Crippen LogP contribution is -2.48. The minimum Gasteiger partial charge on any atom is -0.465 e. The topological polar surface area (TPSA) is 55.7 Å². The van der Waals surface area contributed by atoms with Gasteiger partial charge in [0.05, 0.1) is 6.61 Å². The molecule has 0 N–H and O–H groups in total. The number of hydrogen-bond acceptors (Lipinski definition) is 4. The van der Waals surface area contributed by atoms with Gasteiger partial charge in [0, 0.05) is 5.41 Å². The fourth-order valence-electron chi connectivity index (χ4n) is 2.31. The van der Waals surface area contributed by atoms with Crippen LogP contribution in [0.25, 0.3) is 0 Å². The number of carbonyl (C=O) groups is 1. The number of fused-ring (bicyclic) bond motifs is 1. The van der Waals surface area contributed by atoms with E-state index in [1.54, 1.807) is 13.0 Å². The van der Waals surface area contributed by atoms with Crippen LogP contribution < -0.4 is 0 Å². The first-order valence-electron chi connectivity index (χ1n) is 4.71. The third kappa shape index (κ3) is 0.859. The van der Waals surface area contributed by atoms with Gasteiger partial charge in [-0.1, -0.05) is 24.3 Å². The number of allylic oxidation sites excluding steroid dienone is 1. The van der Waals surface area contributed by atoms with Crippen molar-refractivity contribution in [3.05, 3.63) is 17.1 Å². The zero-order chi connectivity index (χ0) is 10.4. The zero-order valence-corrected chi connectivity index (χ0v) is 8.32. The highest BCUT2D eigenvalue weighted by molar-refractivity contribution is 5.81. The lowest BCUT2D eigenvalue weighted by atomic mass is 9.59. The Morgan fingerprint density at radius 1 is 1.57 bits per heavy atom. The summed E-state index contributed by atoms with van der Waals surface area (Å²) >= 11 is 0. The summed E-state index contributed by atoms with van der Waals surface area (Å²) in [7, 11) is 0. The molecule has 0 aromatic heterocycles. The summed E-state index contributed by atoms with van der Waals surface area (Å²) in [6.45, 7) is 4.14. The molecular weight excluding hydrogens is 182 g/mol. The van der Waals surface area contributed by atoms with Crippen LogP contribution >= 0.6 is 0 Å². The second-order valence-corrected chi connectivity index (χ2v) is 4.52. The van der Waals surface area contributed by atoms with Crippen LogP contribution in [0, 0.1) is 15.7 Å². The van der Waals surface area contributed by atoms with Crippen molar-refractivity contribution in [1.82, 2.24) is 0 Å². The first-order chi connectivity index (χ1) is 6.54. The Balaban J connectivity index is 2.51. The fourth-order valence-corrected chi connectivity index (χ4v) is 2.31. The minimum absolute atomic E-state index is 0.280. The maximum Gasteiger partial charge on any atom is 0.315 e. The van der Waals surface area contributed by atoms with E-state index in [9.17, 15) is 9.70 Å². The smallest absolute Gasteiger partial charge is 0.315 e. The molecular formula is C10H13NO3. The van der Waals surface area contributed by atoms with Crippen molar-refractivity contribution in [2.75, 3.05) is 6.61 Å². The van der Waals surface area contributed by atoms with Crippen LogP contribution in [0.1, 0.15) is 20.3 Å². The minimum atomic E-state index is -0.774. The molecule has 1 aliphatic carbocycles. The molecule has 1 saturated heterocycles. The highest BCUT2D eigenvalue weighted by Crippen LogP contribution is 2.53. The molecule has 2 rings (SSSR count). The van der Waals surface area contributed by atoms with Gasteiger partial charge in [0.1, 0.15) is 11.5 Å². The molecule has 3 atom stereocenters. The van der Waals surface area contributed by atoms with Crippen molar-refractivity contribution in [1.29, 1.82) is 0 Å². The van der Waals surface area contributed by atoms with Gasteiger partial charge in [-0.05, 0) is 13.3 Å². The van der Waals surface area contributed by atoms with Gasteiger partial charge in [0.25, 0.3) is 0 Å². The van der Waals surface area contributed by atoms with Crippen molar-refractivity contribution in [3.63, 3.8) is 0 Å². The number of nitrogens with zero attached hydrogens (tertiary/aromatic N) is 1. The second-order valence-electron chi connectivity index (χ2n) is 4.52. The fraction of sp³-hybridized carbons (Fsp3) is 0.700. The number of nitroso groups, excluding NO2 is 1. The number of rotatable bonds is 1. The quantitative estimate of drug-likeness (QED) is 0.363. The van der Waals surface area contributed by atoms with Gasteiger partial charge in [-0.15, -0.1) is 0 Å². The molecule has 76 valence electrons. The average Bonchev–Trinajstić information content (AvgIpc) is 2.41. The van der Waals surface area contributed by atoms with Crippen LogP contribution in [-0.2, 0) is 9.53 Å². The van der Waals surface area contributed by atoms with Crippen LogP contribution in [0.15, 0.2) is 17.3 Å². The Morgan fingerprint density at radius 2 is 2.29 bits per heavy atom. The van der Waals surface area contributed by atoms with E-state index in [2.05, 4.69) is 5.18 Å². The Labute approximate surface area is 82.3 Å². The first-order valence-corrected chi connectivity index (χ1v) is 4.71. The Bertz CT molecular complexity index is 325. The van der Waals surface area contributed by atoms with Gasteiger partial charge in [-0.3, -0.25) is 4.79 Å². The average molecular weight is 195 g/mol. The molecule has 1 fully saturated rings. The first kappa shape index (κ1) is 9.37. The van der Waals surface area contributed by atoms with Crippen molar-refractivity contribution < 1.29 is 9.53 Å². The third-order valence-electron chi connectivity index (χ3n) is 3.79. The molecule has 4 heteroatoms. The van der Waals surface area contributed by atoms with Crippen LogP contribution in [0.4, 0.5) is 0 Å². The molecule has 0 amide bonds. The van der Waals surface area contributed by atoms with Gasteiger partial charge in [0.15, 0.2) is 0 Å². The molecule has 0 aromatic rings. The van der Waals surface area contributed by atoms with E-state index in [1.807, 2.05) is 13.0 Å². The van der Waals surface area contributed by atoms with E-state index in [1.165, 1.54) is 0 Å². The molecule has 1 unspecified atom stereocenters. The SMILES string of the molecule is C[C@]12CC=CC(N=O)[C@@]1(C)C(=O)OC2. The maximum absolute atomic E-state index is 11.6. The molecule has 1 heterocycles. The predicted molar refractivity (Wildman–Crippen MR) is 50.5 cm³/mol. The van der Waals surface area contributed by atoms with E-state index >= 15 is 0 Å². The van der Waals surface area contributed by atoms with E-state index < -0.39 is 11.5 Å². The molecule has 0 spiro atoms. The van der Waals surface area contributed by atoms with E-state index in [-0.39, 0.29) is 11.4 Å². The van der Waals surface area contributed by atoms with Gasteiger partial charge < -0.3 is 4.74 Å². The summed E-state index contributed by atoms with van der Waals surface area (Å²) in [5.74, 6) is -0.297.